The Morgan fingerprint density at radius 1 is 1.25 bits per heavy atom. The number of nitrogens with zero attached hydrogens (tertiary/aromatic N) is 1. The fourth-order valence-electron chi connectivity index (χ4n) is 2.81. The summed E-state index contributed by atoms with van der Waals surface area (Å²) in [7, 11) is 0. The second kappa shape index (κ2) is 9.31. The van der Waals surface area contributed by atoms with Crippen LogP contribution in [-0.4, -0.2) is 54.3 Å². The van der Waals surface area contributed by atoms with Gasteiger partial charge in [0.15, 0.2) is 0 Å². The first-order chi connectivity index (χ1) is 10.9. The molecule has 1 aliphatic heterocycles. The van der Waals surface area contributed by atoms with Gasteiger partial charge < -0.3 is 20.3 Å². The number of halogens is 4. The molecule has 9 heteroatoms. The van der Waals surface area contributed by atoms with Crippen LogP contribution in [0, 0.1) is 0 Å². The van der Waals surface area contributed by atoms with Crippen LogP contribution >= 0.6 is 12.4 Å². The topological polar surface area (TPSA) is 65.0 Å². The molecule has 0 spiro atoms. The molecular weight excluding hydrogens is 349 g/mol. The number of hydrogen-bond donors (Lipinski definition) is 3. The average Bonchev–Trinajstić information content (AvgIpc) is 2.50. The van der Waals surface area contributed by atoms with Crippen molar-refractivity contribution in [3.8, 4) is 11.5 Å². The summed E-state index contributed by atoms with van der Waals surface area (Å²) < 4.78 is 41.1. The number of aromatic hydroxyl groups is 1. The third-order valence-corrected chi connectivity index (χ3v) is 3.82. The van der Waals surface area contributed by atoms with Gasteiger partial charge >= 0.3 is 6.36 Å². The molecule has 1 saturated heterocycles. The summed E-state index contributed by atoms with van der Waals surface area (Å²) >= 11 is 0. The monoisotopic (exact) mass is 370 g/mol. The van der Waals surface area contributed by atoms with Crippen molar-refractivity contribution in [3.63, 3.8) is 0 Å². The van der Waals surface area contributed by atoms with Crippen LogP contribution < -0.4 is 10.1 Å². The summed E-state index contributed by atoms with van der Waals surface area (Å²) in [5.41, 5.74) is 0.391. The highest BCUT2D eigenvalue weighted by molar-refractivity contribution is 5.85. The fraction of sp³-hybridized carbons (Fsp3) is 0.600. The molecular formula is C15H22ClF3N2O3. The van der Waals surface area contributed by atoms with Crippen LogP contribution in [0.3, 0.4) is 0 Å². The molecule has 1 aliphatic rings. The molecule has 1 aromatic rings. The Morgan fingerprint density at radius 2 is 1.92 bits per heavy atom. The van der Waals surface area contributed by atoms with Crippen molar-refractivity contribution in [1.29, 1.82) is 0 Å². The van der Waals surface area contributed by atoms with E-state index in [0.29, 0.717) is 18.4 Å². The van der Waals surface area contributed by atoms with Crippen LogP contribution in [0.4, 0.5) is 13.2 Å². The molecule has 2 rings (SSSR count). The third kappa shape index (κ3) is 6.01. The molecule has 5 nitrogen and oxygen atoms in total. The highest BCUT2D eigenvalue weighted by atomic mass is 35.5. The van der Waals surface area contributed by atoms with Gasteiger partial charge in [0.1, 0.15) is 11.5 Å². The summed E-state index contributed by atoms with van der Waals surface area (Å²) in [6.07, 6.45) is -3.73. The molecule has 0 unspecified atom stereocenters. The minimum atomic E-state index is -4.77. The molecule has 1 atom stereocenters. The number of aliphatic hydroxyl groups is 1. The van der Waals surface area contributed by atoms with Crippen LogP contribution in [0.25, 0.3) is 0 Å². The average molecular weight is 371 g/mol. The predicted octanol–water partition coefficient (Wildman–Crippen LogP) is 2.43. The van der Waals surface area contributed by atoms with E-state index in [4.69, 9.17) is 5.11 Å². The lowest BCUT2D eigenvalue weighted by Gasteiger charge is -2.35. The van der Waals surface area contributed by atoms with Gasteiger partial charge in [0.2, 0.25) is 0 Å². The maximum atomic E-state index is 12.4. The number of piperazine rings is 1. The van der Waals surface area contributed by atoms with E-state index in [2.05, 4.69) is 15.0 Å². The Kier molecular flexibility index (Phi) is 8.08. The Bertz CT molecular complexity index is 511. The molecule has 0 saturated carbocycles. The second-order valence-corrected chi connectivity index (χ2v) is 5.44. The number of phenolic OH excluding ortho intramolecular Hbond substituents is 1. The lowest BCUT2D eigenvalue weighted by Crippen LogP contribution is -2.45. The Morgan fingerprint density at radius 3 is 2.50 bits per heavy atom. The van der Waals surface area contributed by atoms with Gasteiger partial charge in [0, 0.05) is 44.4 Å². The van der Waals surface area contributed by atoms with Crippen LogP contribution in [0.15, 0.2) is 18.2 Å². The SMILES string of the molecule is Cl.OCCC[C@@H](c1cc(OC(F)(F)F)ccc1O)N1CCNCC1. The first-order valence-corrected chi connectivity index (χ1v) is 7.55. The first-order valence-electron chi connectivity index (χ1n) is 7.55. The van der Waals surface area contributed by atoms with Crippen molar-refractivity contribution >= 4 is 12.4 Å². The Balaban J connectivity index is 0.00000288. The van der Waals surface area contributed by atoms with E-state index in [1.807, 2.05) is 0 Å². The summed E-state index contributed by atoms with van der Waals surface area (Å²) in [6.45, 7) is 2.98. The Labute approximate surface area is 144 Å². The molecule has 1 heterocycles. The quantitative estimate of drug-likeness (QED) is 0.718. The van der Waals surface area contributed by atoms with Crippen LogP contribution in [0.1, 0.15) is 24.4 Å². The maximum absolute atomic E-state index is 12.4. The lowest BCUT2D eigenvalue weighted by molar-refractivity contribution is -0.274. The standard InChI is InChI=1S/C15H21F3N2O3.ClH/c16-15(17,18)23-11-3-4-14(22)12(10-11)13(2-1-9-21)20-7-5-19-6-8-20;/h3-4,10,13,19,21-22H,1-2,5-9H2;1H/t13-;/m0./s1. The Hall–Kier alpha value is -1.22. The summed E-state index contributed by atoms with van der Waals surface area (Å²) in [6, 6.07) is 3.27. The molecule has 0 amide bonds. The van der Waals surface area contributed by atoms with Gasteiger partial charge in [-0.15, -0.1) is 25.6 Å². The number of alkyl halides is 3. The largest absolute Gasteiger partial charge is 0.573 e. The minimum Gasteiger partial charge on any atom is -0.508 e. The fourth-order valence-corrected chi connectivity index (χ4v) is 2.81. The number of aliphatic hydroxyl groups excluding tert-OH is 1. The maximum Gasteiger partial charge on any atom is 0.573 e. The van der Waals surface area contributed by atoms with E-state index < -0.39 is 6.36 Å². The van der Waals surface area contributed by atoms with Gasteiger partial charge in [-0.2, -0.15) is 0 Å². The summed E-state index contributed by atoms with van der Waals surface area (Å²) in [5, 5.41) is 22.4. The van der Waals surface area contributed by atoms with Crippen molar-refractivity contribution in [2.45, 2.75) is 25.2 Å². The second-order valence-electron chi connectivity index (χ2n) is 5.44. The number of rotatable bonds is 6. The molecule has 0 aromatic heterocycles. The molecule has 24 heavy (non-hydrogen) atoms. The van der Waals surface area contributed by atoms with Gasteiger partial charge in [-0.3, -0.25) is 4.90 Å². The normalized spacial score (nSPS) is 17.2. The van der Waals surface area contributed by atoms with Crippen molar-refractivity contribution in [3.05, 3.63) is 23.8 Å². The summed E-state index contributed by atoms with van der Waals surface area (Å²) in [4.78, 5) is 2.10. The van der Waals surface area contributed by atoms with Crippen LogP contribution in [-0.2, 0) is 0 Å². The zero-order valence-corrected chi connectivity index (χ0v) is 13.9. The van der Waals surface area contributed by atoms with E-state index in [1.165, 1.54) is 12.1 Å². The molecule has 0 aliphatic carbocycles. The highest BCUT2D eigenvalue weighted by Gasteiger charge is 2.32. The smallest absolute Gasteiger partial charge is 0.508 e. The van der Waals surface area contributed by atoms with Gasteiger partial charge in [-0.1, -0.05) is 0 Å². The van der Waals surface area contributed by atoms with Crippen LogP contribution in [0.2, 0.25) is 0 Å². The van der Waals surface area contributed by atoms with Crippen molar-refractivity contribution < 1.29 is 28.1 Å². The van der Waals surface area contributed by atoms with E-state index >= 15 is 0 Å². The van der Waals surface area contributed by atoms with E-state index in [1.54, 1.807) is 0 Å². The number of nitrogens with one attached hydrogen (secondary N) is 1. The van der Waals surface area contributed by atoms with E-state index in [-0.39, 0.29) is 36.6 Å². The highest BCUT2D eigenvalue weighted by Crippen LogP contribution is 2.36. The zero-order chi connectivity index (χ0) is 16.9. The molecule has 1 aromatic carbocycles. The van der Waals surface area contributed by atoms with Crippen molar-refractivity contribution in [1.82, 2.24) is 10.2 Å². The van der Waals surface area contributed by atoms with Gasteiger partial charge in [-0.25, -0.2) is 0 Å². The predicted molar refractivity (Wildman–Crippen MR) is 85.5 cm³/mol. The number of phenols is 1. The van der Waals surface area contributed by atoms with Gasteiger partial charge in [0.05, 0.1) is 0 Å². The van der Waals surface area contributed by atoms with Crippen molar-refractivity contribution in [2.75, 3.05) is 32.8 Å². The van der Waals surface area contributed by atoms with Crippen LogP contribution in [0.5, 0.6) is 11.5 Å². The third-order valence-electron chi connectivity index (χ3n) is 3.82. The lowest BCUT2D eigenvalue weighted by atomic mass is 9.98. The van der Waals surface area contributed by atoms with E-state index in [9.17, 15) is 18.3 Å². The number of ether oxygens (including phenoxy) is 1. The first kappa shape index (κ1) is 20.8. The number of benzene rings is 1. The number of hydrogen-bond acceptors (Lipinski definition) is 5. The molecule has 1 fully saturated rings. The minimum absolute atomic E-state index is 0. The molecule has 3 N–H and O–H groups in total. The molecule has 0 bridgehead atoms. The molecule has 0 radical (unpaired) electrons. The summed E-state index contributed by atoms with van der Waals surface area (Å²) in [5.74, 6) is -0.421. The van der Waals surface area contributed by atoms with Gasteiger partial charge in [-0.05, 0) is 31.0 Å². The molecule has 138 valence electrons. The van der Waals surface area contributed by atoms with Gasteiger partial charge in [0.25, 0.3) is 0 Å². The zero-order valence-electron chi connectivity index (χ0n) is 13.1. The van der Waals surface area contributed by atoms with E-state index in [0.717, 1.165) is 32.2 Å². The van der Waals surface area contributed by atoms with Crippen molar-refractivity contribution in [2.24, 2.45) is 0 Å².